The van der Waals surface area contributed by atoms with E-state index >= 15 is 0 Å². The summed E-state index contributed by atoms with van der Waals surface area (Å²) in [5, 5.41) is 2.84. The van der Waals surface area contributed by atoms with Gasteiger partial charge in [0.15, 0.2) is 0 Å². The lowest BCUT2D eigenvalue weighted by Gasteiger charge is -2.28. The largest absolute Gasteiger partial charge is 0.349 e. The maximum Gasteiger partial charge on any atom is 0.207 e. The molecule has 0 saturated carbocycles. The Labute approximate surface area is 92.7 Å². The van der Waals surface area contributed by atoms with Gasteiger partial charge in [-0.25, -0.2) is 0 Å². The second kappa shape index (κ2) is 7.04. The summed E-state index contributed by atoms with van der Waals surface area (Å²) in [6.45, 7) is 8.08. The smallest absolute Gasteiger partial charge is 0.207 e. The maximum atomic E-state index is 10.4. The summed E-state index contributed by atoms with van der Waals surface area (Å²) in [4.78, 5) is 10.4. The summed E-state index contributed by atoms with van der Waals surface area (Å²) in [5.74, 6) is 0. The van der Waals surface area contributed by atoms with E-state index in [-0.39, 0.29) is 5.54 Å². The molecule has 0 aliphatic rings. The first-order valence-electron chi connectivity index (χ1n) is 5.50. The molecule has 2 heteroatoms. The van der Waals surface area contributed by atoms with Crippen molar-refractivity contribution < 1.29 is 4.79 Å². The van der Waals surface area contributed by atoms with Crippen molar-refractivity contribution in [2.45, 2.75) is 39.7 Å². The molecule has 1 aromatic rings. The summed E-state index contributed by atoms with van der Waals surface area (Å²) in [6.07, 6.45) is 1.65. The van der Waals surface area contributed by atoms with Crippen molar-refractivity contribution in [3.05, 3.63) is 35.9 Å². The molecule has 0 fully saturated rings. The molecular formula is C13H21NO. The standard InChI is InChI=1S/C11H15NO.C2H6/c1-3-11(2,12-9-13)10-7-5-4-6-8-10;1-2/h4-9H,3H2,1-2H3,(H,12,13);1-2H3. The van der Waals surface area contributed by atoms with Crippen LogP contribution >= 0.6 is 0 Å². The second-order valence-electron chi connectivity index (χ2n) is 3.31. The average molecular weight is 207 g/mol. The molecule has 0 saturated heterocycles. The third-order valence-corrected chi connectivity index (χ3v) is 2.50. The lowest BCUT2D eigenvalue weighted by molar-refractivity contribution is -0.111. The van der Waals surface area contributed by atoms with Gasteiger partial charge in [0.1, 0.15) is 0 Å². The quantitative estimate of drug-likeness (QED) is 0.755. The van der Waals surface area contributed by atoms with E-state index in [2.05, 4.69) is 12.2 Å². The fourth-order valence-corrected chi connectivity index (χ4v) is 1.33. The van der Waals surface area contributed by atoms with Crippen molar-refractivity contribution in [1.29, 1.82) is 0 Å². The predicted molar refractivity (Wildman–Crippen MR) is 64.6 cm³/mol. The number of nitrogens with one attached hydrogen (secondary N) is 1. The van der Waals surface area contributed by atoms with Crippen molar-refractivity contribution in [1.82, 2.24) is 5.32 Å². The van der Waals surface area contributed by atoms with E-state index in [1.165, 1.54) is 0 Å². The number of carbonyl (C=O) groups excluding carboxylic acids is 1. The number of carbonyl (C=O) groups is 1. The van der Waals surface area contributed by atoms with Gasteiger partial charge in [0.2, 0.25) is 6.41 Å². The van der Waals surface area contributed by atoms with Gasteiger partial charge in [-0.2, -0.15) is 0 Å². The number of amides is 1. The van der Waals surface area contributed by atoms with Crippen LogP contribution in [0.1, 0.15) is 39.7 Å². The summed E-state index contributed by atoms with van der Waals surface area (Å²) < 4.78 is 0. The van der Waals surface area contributed by atoms with Crippen molar-refractivity contribution >= 4 is 6.41 Å². The van der Waals surface area contributed by atoms with Crippen LogP contribution in [0.4, 0.5) is 0 Å². The van der Waals surface area contributed by atoms with E-state index in [0.29, 0.717) is 0 Å². The molecule has 1 N–H and O–H groups in total. The molecule has 0 heterocycles. The van der Waals surface area contributed by atoms with Gasteiger partial charge >= 0.3 is 0 Å². The topological polar surface area (TPSA) is 29.1 Å². The third kappa shape index (κ3) is 3.74. The number of benzene rings is 1. The zero-order chi connectivity index (χ0) is 11.7. The van der Waals surface area contributed by atoms with Gasteiger partial charge < -0.3 is 5.32 Å². The van der Waals surface area contributed by atoms with E-state index in [0.717, 1.165) is 18.4 Å². The Kier molecular flexibility index (Phi) is 6.43. The van der Waals surface area contributed by atoms with Gasteiger partial charge in [-0.15, -0.1) is 0 Å². The maximum absolute atomic E-state index is 10.4. The lowest BCUT2D eigenvalue weighted by Crippen LogP contribution is -2.37. The van der Waals surface area contributed by atoms with Crippen LogP contribution in [-0.4, -0.2) is 6.41 Å². The highest BCUT2D eigenvalue weighted by atomic mass is 16.1. The molecule has 1 unspecified atom stereocenters. The van der Waals surface area contributed by atoms with Crippen LogP contribution in [0.3, 0.4) is 0 Å². The third-order valence-electron chi connectivity index (χ3n) is 2.50. The highest BCUT2D eigenvalue weighted by molar-refractivity contribution is 5.49. The van der Waals surface area contributed by atoms with Crippen LogP contribution in [-0.2, 0) is 10.3 Å². The fourth-order valence-electron chi connectivity index (χ4n) is 1.33. The van der Waals surface area contributed by atoms with E-state index in [1.54, 1.807) is 0 Å². The van der Waals surface area contributed by atoms with Gasteiger partial charge in [0.05, 0.1) is 5.54 Å². The molecule has 0 aliphatic carbocycles. The molecule has 0 bridgehead atoms. The molecule has 2 nitrogen and oxygen atoms in total. The molecule has 1 amide bonds. The van der Waals surface area contributed by atoms with Crippen LogP contribution < -0.4 is 5.32 Å². The Balaban J connectivity index is 0.000000921. The number of rotatable bonds is 4. The zero-order valence-corrected chi connectivity index (χ0v) is 10.1. The molecular weight excluding hydrogens is 186 g/mol. The Bertz CT molecular complexity index is 271. The summed E-state index contributed by atoms with van der Waals surface area (Å²) in [6, 6.07) is 9.99. The summed E-state index contributed by atoms with van der Waals surface area (Å²) in [5.41, 5.74) is 0.910. The van der Waals surface area contributed by atoms with Crippen LogP contribution in [0.15, 0.2) is 30.3 Å². The van der Waals surface area contributed by atoms with Crippen LogP contribution in [0.5, 0.6) is 0 Å². The molecule has 1 aromatic carbocycles. The van der Waals surface area contributed by atoms with E-state index in [9.17, 15) is 4.79 Å². The van der Waals surface area contributed by atoms with E-state index in [4.69, 9.17) is 0 Å². The summed E-state index contributed by atoms with van der Waals surface area (Å²) in [7, 11) is 0. The molecule has 1 atom stereocenters. The minimum atomic E-state index is -0.233. The molecule has 84 valence electrons. The molecule has 1 rings (SSSR count). The second-order valence-corrected chi connectivity index (χ2v) is 3.31. The Morgan fingerprint density at radius 2 is 1.80 bits per heavy atom. The predicted octanol–water partition coefficient (Wildman–Crippen LogP) is 3.08. The average Bonchev–Trinajstić information content (AvgIpc) is 2.33. The monoisotopic (exact) mass is 207 g/mol. The Morgan fingerprint density at radius 3 is 2.20 bits per heavy atom. The lowest BCUT2D eigenvalue weighted by atomic mass is 9.90. The number of hydrogen-bond donors (Lipinski definition) is 1. The molecule has 0 radical (unpaired) electrons. The minimum absolute atomic E-state index is 0.233. The fraction of sp³-hybridized carbons (Fsp3) is 0.462. The van der Waals surface area contributed by atoms with Gasteiger partial charge in [-0.1, -0.05) is 51.1 Å². The van der Waals surface area contributed by atoms with Gasteiger partial charge in [0.25, 0.3) is 0 Å². The van der Waals surface area contributed by atoms with E-state index in [1.807, 2.05) is 51.1 Å². The number of hydrogen-bond acceptors (Lipinski definition) is 1. The molecule has 0 aliphatic heterocycles. The first-order valence-corrected chi connectivity index (χ1v) is 5.50. The van der Waals surface area contributed by atoms with E-state index < -0.39 is 0 Å². The van der Waals surface area contributed by atoms with Gasteiger partial charge in [-0.05, 0) is 18.9 Å². The van der Waals surface area contributed by atoms with Gasteiger partial charge in [-0.3, -0.25) is 4.79 Å². The Morgan fingerprint density at radius 1 is 1.27 bits per heavy atom. The highest BCUT2D eigenvalue weighted by Crippen LogP contribution is 2.22. The van der Waals surface area contributed by atoms with Crippen molar-refractivity contribution in [3.63, 3.8) is 0 Å². The normalized spacial score (nSPS) is 13.1. The van der Waals surface area contributed by atoms with Crippen LogP contribution in [0.2, 0.25) is 0 Å². The zero-order valence-electron chi connectivity index (χ0n) is 10.1. The van der Waals surface area contributed by atoms with Crippen molar-refractivity contribution in [2.24, 2.45) is 0 Å². The van der Waals surface area contributed by atoms with Crippen molar-refractivity contribution in [2.75, 3.05) is 0 Å². The van der Waals surface area contributed by atoms with Crippen LogP contribution in [0.25, 0.3) is 0 Å². The first-order chi connectivity index (χ1) is 7.23. The molecule has 0 spiro atoms. The minimum Gasteiger partial charge on any atom is -0.349 e. The van der Waals surface area contributed by atoms with Crippen molar-refractivity contribution in [3.8, 4) is 0 Å². The summed E-state index contributed by atoms with van der Waals surface area (Å²) >= 11 is 0. The first kappa shape index (κ1) is 13.7. The van der Waals surface area contributed by atoms with Crippen LogP contribution in [0, 0.1) is 0 Å². The Hall–Kier alpha value is -1.31. The molecule has 0 aromatic heterocycles. The highest BCUT2D eigenvalue weighted by Gasteiger charge is 2.22. The molecule has 15 heavy (non-hydrogen) atoms. The van der Waals surface area contributed by atoms with Gasteiger partial charge in [0, 0.05) is 0 Å². The SMILES string of the molecule is CC.CCC(C)(NC=O)c1ccccc1.